The molecule has 38 heavy (non-hydrogen) atoms. The topological polar surface area (TPSA) is 108 Å². The van der Waals surface area contributed by atoms with Crippen LogP contribution in [0.15, 0.2) is 17.0 Å². The molecule has 5 atom stereocenters. The Bertz CT molecular complexity index is 1230. The minimum Gasteiger partial charge on any atom is -0.444 e. The molecule has 3 aliphatic rings. The number of fused-ring (bicyclic) bond motifs is 2. The molecule has 2 aromatic heterocycles. The Morgan fingerprint density at radius 1 is 1.26 bits per heavy atom. The largest absolute Gasteiger partial charge is 0.444 e. The molecular formula is C26H35BrClN5O5. The van der Waals surface area contributed by atoms with Crippen molar-refractivity contribution in [1.29, 1.82) is 0 Å². The molecule has 1 N–H and O–H groups in total. The quantitative estimate of drug-likeness (QED) is 0.499. The fourth-order valence-corrected chi connectivity index (χ4v) is 6.77. The maximum Gasteiger partial charge on any atom is 0.410 e. The van der Waals surface area contributed by atoms with Gasteiger partial charge in [0, 0.05) is 30.3 Å². The third kappa shape index (κ3) is 5.52. The Labute approximate surface area is 235 Å². The van der Waals surface area contributed by atoms with E-state index < -0.39 is 23.4 Å². The van der Waals surface area contributed by atoms with E-state index >= 15 is 0 Å². The molecule has 10 nitrogen and oxygen atoms in total. The molecule has 1 saturated carbocycles. The Hall–Kier alpha value is -1.95. The van der Waals surface area contributed by atoms with Crippen molar-refractivity contribution in [2.45, 2.75) is 83.5 Å². The van der Waals surface area contributed by atoms with Gasteiger partial charge in [0.25, 0.3) is 0 Å². The fraction of sp³-hybridized carbons (Fsp3) is 0.692. The highest BCUT2D eigenvalue weighted by Gasteiger charge is 2.57. The molecule has 0 radical (unpaired) electrons. The average Bonchev–Trinajstić information content (AvgIpc) is 3.45. The molecule has 0 bridgehead atoms. The van der Waals surface area contributed by atoms with Gasteiger partial charge in [-0.1, -0.05) is 11.6 Å². The van der Waals surface area contributed by atoms with E-state index in [9.17, 15) is 9.59 Å². The highest BCUT2D eigenvalue weighted by atomic mass is 79.9. The number of carbonyl (C=O) groups excluding carboxylic acids is 2. The highest BCUT2D eigenvalue weighted by Crippen LogP contribution is 2.48. The summed E-state index contributed by atoms with van der Waals surface area (Å²) in [5, 5.41) is 4.23. The van der Waals surface area contributed by atoms with Gasteiger partial charge in [0.1, 0.15) is 34.9 Å². The normalized spacial score (nSPS) is 28.9. The van der Waals surface area contributed by atoms with Crippen molar-refractivity contribution in [2.75, 3.05) is 19.6 Å². The van der Waals surface area contributed by atoms with Gasteiger partial charge in [-0.05, 0) is 75.7 Å². The molecule has 0 spiro atoms. The summed E-state index contributed by atoms with van der Waals surface area (Å²) in [5.41, 5.74) is 0.141. The van der Waals surface area contributed by atoms with Crippen LogP contribution in [0.2, 0.25) is 5.15 Å². The molecule has 3 fully saturated rings. The molecule has 0 unspecified atom stereocenters. The first-order valence-corrected chi connectivity index (χ1v) is 14.3. The molecule has 12 heteroatoms. The smallest absolute Gasteiger partial charge is 0.410 e. The van der Waals surface area contributed by atoms with Gasteiger partial charge in [-0.25, -0.2) is 14.8 Å². The maximum absolute atomic E-state index is 13.5. The monoisotopic (exact) mass is 611 g/mol. The Morgan fingerprint density at radius 3 is 2.74 bits per heavy atom. The van der Waals surface area contributed by atoms with Crippen molar-refractivity contribution < 1.29 is 23.8 Å². The minimum atomic E-state index is -0.809. The van der Waals surface area contributed by atoms with Crippen molar-refractivity contribution in [3.63, 3.8) is 0 Å². The number of rotatable bonds is 4. The molecule has 2 aromatic rings. The lowest BCUT2D eigenvalue weighted by atomic mass is 9.97. The summed E-state index contributed by atoms with van der Waals surface area (Å²) in [7, 11) is 0. The zero-order chi connectivity index (χ0) is 27.4. The number of hydrogen-bond donors (Lipinski definition) is 1. The molecule has 1 aliphatic carbocycles. The second kappa shape index (κ2) is 10.2. The third-order valence-corrected chi connectivity index (χ3v) is 8.27. The molecule has 2 amide bonds. The minimum absolute atomic E-state index is 0.0682. The Balaban J connectivity index is 1.29. The molecule has 2 saturated heterocycles. The van der Waals surface area contributed by atoms with Crippen LogP contribution in [0.1, 0.15) is 59.9 Å². The van der Waals surface area contributed by atoms with Crippen molar-refractivity contribution in [3.05, 3.63) is 22.1 Å². The zero-order valence-electron chi connectivity index (χ0n) is 22.4. The standard InChI is InChI=1S/C26H35BrClN5O5/c1-25(2,3)38-24(35)32-8-6-7-14(11-32)10-29-23(34)15-9-17(20-19(15)36-26(4,5)37-20)33-12-16(27)18-21(28)30-13-31-22(18)33/h12-15,17,19-20H,6-11H2,1-5H3,(H,29,34)/t14-,15+,17-,19-,20+/m1/s1. The molecule has 2 aliphatic heterocycles. The molecule has 5 rings (SSSR count). The van der Waals surface area contributed by atoms with E-state index in [1.165, 1.54) is 6.33 Å². The number of amides is 2. The van der Waals surface area contributed by atoms with E-state index in [4.69, 9.17) is 25.8 Å². The second-order valence-corrected chi connectivity index (χ2v) is 13.1. The van der Waals surface area contributed by atoms with Crippen LogP contribution in [-0.2, 0) is 19.0 Å². The summed E-state index contributed by atoms with van der Waals surface area (Å²) in [4.78, 5) is 36.4. The van der Waals surface area contributed by atoms with Gasteiger partial charge in [0.05, 0.1) is 17.3 Å². The fourth-order valence-electron chi connectivity index (χ4n) is 5.84. The lowest BCUT2D eigenvalue weighted by Crippen LogP contribution is -2.46. The molecule has 4 heterocycles. The van der Waals surface area contributed by atoms with Gasteiger partial charge in [-0.15, -0.1) is 0 Å². The number of nitrogens with zero attached hydrogens (tertiary/aromatic N) is 4. The number of aromatic nitrogens is 3. The SMILES string of the molecule is CC(C)(C)OC(=O)N1CCC[C@H](CNC(=O)[C@H]2C[C@@H](n3cc(Br)c4c(Cl)ncnc43)[C@@H]3OC(C)(C)O[C@@H]32)C1. The summed E-state index contributed by atoms with van der Waals surface area (Å²) < 4.78 is 20.9. The van der Waals surface area contributed by atoms with Gasteiger partial charge in [0.2, 0.25) is 5.91 Å². The van der Waals surface area contributed by atoms with Gasteiger partial charge >= 0.3 is 6.09 Å². The maximum atomic E-state index is 13.5. The summed E-state index contributed by atoms with van der Waals surface area (Å²) in [6.07, 6.45) is 4.69. The van der Waals surface area contributed by atoms with E-state index in [1.807, 2.05) is 45.4 Å². The van der Waals surface area contributed by atoms with Crippen LogP contribution < -0.4 is 5.32 Å². The van der Waals surface area contributed by atoms with Gasteiger partial charge in [-0.2, -0.15) is 0 Å². The predicted molar refractivity (Wildman–Crippen MR) is 145 cm³/mol. The lowest BCUT2D eigenvalue weighted by Gasteiger charge is -2.34. The Kier molecular flexibility index (Phi) is 7.43. The van der Waals surface area contributed by atoms with E-state index in [2.05, 4.69) is 31.2 Å². The number of likely N-dealkylation sites (tertiary alicyclic amines) is 1. The van der Waals surface area contributed by atoms with E-state index in [-0.39, 0.29) is 30.1 Å². The first-order valence-electron chi connectivity index (χ1n) is 13.1. The van der Waals surface area contributed by atoms with Crippen molar-refractivity contribution in [1.82, 2.24) is 24.8 Å². The summed E-state index contributed by atoms with van der Waals surface area (Å²) in [5.74, 6) is -1.11. The van der Waals surface area contributed by atoms with Crippen molar-refractivity contribution in [2.24, 2.45) is 11.8 Å². The van der Waals surface area contributed by atoms with E-state index in [0.29, 0.717) is 36.9 Å². The number of piperidine rings is 1. The average molecular weight is 613 g/mol. The number of ether oxygens (including phenoxy) is 3. The third-order valence-electron chi connectivity index (χ3n) is 7.38. The number of nitrogens with one attached hydrogen (secondary N) is 1. The second-order valence-electron chi connectivity index (χ2n) is 11.9. The summed E-state index contributed by atoms with van der Waals surface area (Å²) >= 11 is 9.93. The summed E-state index contributed by atoms with van der Waals surface area (Å²) in [6.45, 7) is 11.0. The highest BCUT2D eigenvalue weighted by molar-refractivity contribution is 9.10. The van der Waals surface area contributed by atoms with Gasteiger partial charge < -0.3 is 29.0 Å². The van der Waals surface area contributed by atoms with Crippen molar-refractivity contribution in [3.8, 4) is 0 Å². The molecule has 0 aromatic carbocycles. The van der Waals surface area contributed by atoms with Crippen LogP contribution in [0.5, 0.6) is 0 Å². The predicted octanol–water partition coefficient (Wildman–Crippen LogP) is 4.69. The lowest BCUT2D eigenvalue weighted by molar-refractivity contribution is -0.163. The van der Waals surface area contributed by atoms with Crippen LogP contribution in [-0.4, -0.2) is 74.7 Å². The number of halogens is 2. The van der Waals surface area contributed by atoms with Gasteiger partial charge in [0.15, 0.2) is 5.79 Å². The zero-order valence-corrected chi connectivity index (χ0v) is 24.7. The first-order chi connectivity index (χ1) is 17.8. The summed E-state index contributed by atoms with van der Waals surface area (Å²) in [6, 6.07) is -0.172. The van der Waals surface area contributed by atoms with Crippen LogP contribution in [0, 0.1) is 11.8 Å². The molecular weight excluding hydrogens is 578 g/mol. The van der Waals surface area contributed by atoms with Crippen LogP contribution >= 0.6 is 27.5 Å². The first kappa shape index (κ1) is 27.6. The Morgan fingerprint density at radius 2 is 2.00 bits per heavy atom. The van der Waals surface area contributed by atoms with Crippen molar-refractivity contribution >= 4 is 50.6 Å². The van der Waals surface area contributed by atoms with E-state index in [1.54, 1.807) is 4.90 Å². The van der Waals surface area contributed by atoms with Crippen LogP contribution in [0.4, 0.5) is 4.79 Å². The van der Waals surface area contributed by atoms with Gasteiger partial charge in [-0.3, -0.25) is 4.79 Å². The van der Waals surface area contributed by atoms with Crippen LogP contribution in [0.25, 0.3) is 11.0 Å². The molecule has 208 valence electrons. The number of carbonyl (C=O) groups is 2. The number of hydrogen-bond acceptors (Lipinski definition) is 7. The van der Waals surface area contributed by atoms with Crippen LogP contribution in [0.3, 0.4) is 0 Å². The van der Waals surface area contributed by atoms with E-state index in [0.717, 1.165) is 22.7 Å².